The van der Waals surface area contributed by atoms with Crippen molar-refractivity contribution in [3.8, 4) is 0 Å². The van der Waals surface area contributed by atoms with Crippen LogP contribution in [-0.2, 0) is 19.1 Å². The SMILES string of the molecule is CN[C@H](C(N)=O)C(=O)Nc1ccc(N2CCOCC2=O)cc1. The van der Waals surface area contributed by atoms with E-state index in [4.69, 9.17) is 10.5 Å². The maximum Gasteiger partial charge on any atom is 0.253 e. The number of carbonyl (C=O) groups is 3. The van der Waals surface area contributed by atoms with Crippen molar-refractivity contribution < 1.29 is 19.1 Å². The normalized spacial score (nSPS) is 16.2. The van der Waals surface area contributed by atoms with Gasteiger partial charge in [0.2, 0.25) is 5.91 Å². The number of carbonyl (C=O) groups excluding carboxylic acids is 3. The zero-order valence-corrected chi connectivity index (χ0v) is 12.2. The van der Waals surface area contributed by atoms with Crippen LogP contribution in [0, 0.1) is 0 Å². The summed E-state index contributed by atoms with van der Waals surface area (Å²) in [6.07, 6.45) is 0. The molecule has 1 aliphatic heterocycles. The summed E-state index contributed by atoms with van der Waals surface area (Å²) in [6.45, 7) is 1.06. The van der Waals surface area contributed by atoms with Gasteiger partial charge in [-0.2, -0.15) is 0 Å². The molecular formula is C14H18N4O4. The highest BCUT2D eigenvalue weighted by Gasteiger charge is 2.23. The Bertz CT molecular complexity index is 573. The number of likely N-dealkylation sites (N-methyl/N-ethyl adjacent to an activating group) is 1. The molecule has 4 N–H and O–H groups in total. The Morgan fingerprint density at radius 3 is 2.55 bits per heavy atom. The van der Waals surface area contributed by atoms with Crippen LogP contribution in [0.4, 0.5) is 11.4 Å². The Morgan fingerprint density at radius 1 is 1.32 bits per heavy atom. The number of amides is 3. The molecule has 1 fully saturated rings. The fourth-order valence-electron chi connectivity index (χ4n) is 2.13. The summed E-state index contributed by atoms with van der Waals surface area (Å²) in [6, 6.07) is 5.66. The highest BCUT2D eigenvalue weighted by molar-refractivity contribution is 6.09. The van der Waals surface area contributed by atoms with Gasteiger partial charge in [0, 0.05) is 17.9 Å². The van der Waals surface area contributed by atoms with E-state index in [1.807, 2.05) is 0 Å². The molecule has 0 bridgehead atoms. The first-order chi connectivity index (χ1) is 10.5. The zero-order valence-electron chi connectivity index (χ0n) is 12.2. The van der Waals surface area contributed by atoms with Gasteiger partial charge in [-0.15, -0.1) is 0 Å². The third-order valence-corrected chi connectivity index (χ3v) is 3.27. The molecule has 1 aliphatic rings. The Morgan fingerprint density at radius 2 is 2.00 bits per heavy atom. The van der Waals surface area contributed by atoms with E-state index >= 15 is 0 Å². The van der Waals surface area contributed by atoms with E-state index in [2.05, 4.69) is 10.6 Å². The van der Waals surface area contributed by atoms with Crippen LogP contribution in [-0.4, -0.2) is 50.6 Å². The van der Waals surface area contributed by atoms with Crippen LogP contribution in [0.3, 0.4) is 0 Å². The van der Waals surface area contributed by atoms with Crippen LogP contribution in [0.5, 0.6) is 0 Å². The number of hydrogen-bond acceptors (Lipinski definition) is 5. The molecule has 1 saturated heterocycles. The first-order valence-corrected chi connectivity index (χ1v) is 6.78. The largest absolute Gasteiger partial charge is 0.370 e. The van der Waals surface area contributed by atoms with Crippen molar-refractivity contribution in [1.29, 1.82) is 0 Å². The number of hydrogen-bond donors (Lipinski definition) is 3. The van der Waals surface area contributed by atoms with Crippen molar-refractivity contribution >= 4 is 29.1 Å². The van der Waals surface area contributed by atoms with Crippen molar-refractivity contribution in [2.75, 3.05) is 37.0 Å². The monoisotopic (exact) mass is 306 g/mol. The second kappa shape index (κ2) is 7.01. The quantitative estimate of drug-likeness (QED) is 0.608. The number of primary amides is 1. The number of rotatable bonds is 5. The third-order valence-electron chi connectivity index (χ3n) is 3.27. The summed E-state index contributed by atoms with van der Waals surface area (Å²) in [5, 5.41) is 5.12. The topological polar surface area (TPSA) is 114 Å². The number of nitrogens with zero attached hydrogens (tertiary/aromatic N) is 1. The Kier molecular flexibility index (Phi) is 5.08. The Labute approximate surface area is 127 Å². The number of nitrogens with one attached hydrogen (secondary N) is 2. The highest BCUT2D eigenvalue weighted by Crippen LogP contribution is 2.19. The van der Waals surface area contributed by atoms with Crippen molar-refractivity contribution in [2.24, 2.45) is 5.73 Å². The predicted octanol–water partition coefficient (Wildman–Crippen LogP) is -0.938. The van der Waals surface area contributed by atoms with Gasteiger partial charge < -0.3 is 26.0 Å². The summed E-state index contributed by atoms with van der Waals surface area (Å²) in [4.78, 5) is 36.3. The van der Waals surface area contributed by atoms with Gasteiger partial charge in [0.1, 0.15) is 6.61 Å². The van der Waals surface area contributed by atoms with Crippen LogP contribution in [0.1, 0.15) is 0 Å². The number of nitrogens with two attached hydrogens (primary N) is 1. The molecule has 0 spiro atoms. The summed E-state index contributed by atoms with van der Waals surface area (Å²) in [5.41, 5.74) is 6.36. The van der Waals surface area contributed by atoms with E-state index in [1.54, 1.807) is 29.2 Å². The molecule has 8 nitrogen and oxygen atoms in total. The van der Waals surface area contributed by atoms with Crippen LogP contribution < -0.4 is 21.3 Å². The van der Waals surface area contributed by atoms with Crippen LogP contribution in [0.15, 0.2) is 24.3 Å². The first kappa shape index (κ1) is 15.9. The van der Waals surface area contributed by atoms with E-state index in [1.165, 1.54) is 7.05 Å². The molecule has 0 aromatic heterocycles. The average Bonchev–Trinajstić information content (AvgIpc) is 2.49. The second-order valence-corrected chi connectivity index (χ2v) is 4.76. The minimum absolute atomic E-state index is 0.0704. The van der Waals surface area contributed by atoms with Gasteiger partial charge in [-0.3, -0.25) is 14.4 Å². The Hall–Kier alpha value is -2.45. The van der Waals surface area contributed by atoms with Gasteiger partial charge in [-0.1, -0.05) is 0 Å². The lowest BCUT2D eigenvalue weighted by Gasteiger charge is -2.27. The van der Waals surface area contributed by atoms with E-state index in [0.717, 1.165) is 5.69 Å². The third kappa shape index (κ3) is 3.60. The maximum atomic E-state index is 11.9. The molecule has 3 amide bonds. The molecular weight excluding hydrogens is 288 g/mol. The fraction of sp³-hybridized carbons (Fsp3) is 0.357. The highest BCUT2D eigenvalue weighted by atomic mass is 16.5. The number of ether oxygens (including phenoxy) is 1. The molecule has 0 unspecified atom stereocenters. The minimum Gasteiger partial charge on any atom is -0.370 e. The van der Waals surface area contributed by atoms with Crippen molar-refractivity contribution in [3.63, 3.8) is 0 Å². The minimum atomic E-state index is -1.10. The molecule has 1 aromatic carbocycles. The standard InChI is InChI=1S/C14H18N4O4/c1-16-12(13(15)20)14(21)17-9-2-4-10(5-3-9)18-6-7-22-8-11(18)19/h2-5,12,16H,6-8H2,1H3,(H2,15,20)(H,17,21)/t12-/m1/s1. The molecule has 118 valence electrons. The zero-order chi connectivity index (χ0) is 16.1. The molecule has 22 heavy (non-hydrogen) atoms. The first-order valence-electron chi connectivity index (χ1n) is 6.78. The van der Waals surface area contributed by atoms with Gasteiger partial charge in [0.05, 0.1) is 6.61 Å². The summed E-state index contributed by atoms with van der Waals surface area (Å²) >= 11 is 0. The molecule has 8 heteroatoms. The second-order valence-electron chi connectivity index (χ2n) is 4.76. The average molecular weight is 306 g/mol. The van der Waals surface area contributed by atoms with Crippen molar-refractivity contribution in [3.05, 3.63) is 24.3 Å². The maximum absolute atomic E-state index is 11.9. The summed E-state index contributed by atoms with van der Waals surface area (Å²) in [5.74, 6) is -1.40. The lowest BCUT2D eigenvalue weighted by molar-refractivity contribution is -0.128. The molecule has 0 radical (unpaired) electrons. The molecule has 2 rings (SSSR count). The van der Waals surface area contributed by atoms with E-state index in [0.29, 0.717) is 18.8 Å². The van der Waals surface area contributed by atoms with Crippen LogP contribution in [0.25, 0.3) is 0 Å². The van der Waals surface area contributed by atoms with Crippen LogP contribution in [0.2, 0.25) is 0 Å². The van der Waals surface area contributed by atoms with Gasteiger partial charge in [-0.05, 0) is 31.3 Å². The van der Waals surface area contributed by atoms with Gasteiger partial charge in [0.25, 0.3) is 11.8 Å². The van der Waals surface area contributed by atoms with Gasteiger partial charge in [0.15, 0.2) is 6.04 Å². The van der Waals surface area contributed by atoms with E-state index in [9.17, 15) is 14.4 Å². The summed E-state index contributed by atoms with van der Waals surface area (Å²) < 4.78 is 5.07. The molecule has 0 aliphatic carbocycles. The number of morpholine rings is 1. The van der Waals surface area contributed by atoms with Crippen molar-refractivity contribution in [2.45, 2.75) is 6.04 Å². The molecule has 1 aromatic rings. The number of anilines is 2. The van der Waals surface area contributed by atoms with Gasteiger partial charge in [-0.25, -0.2) is 0 Å². The fourth-order valence-corrected chi connectivity index (χ4v) is 2.13. The molecule has 1 heterocycles. The lowest BCUT2D eigenvalue weighted by Crippen LogP contribution is -2.48. The summed E-state index contributed by atoms with van der Waals surface area (Å²) in [7, 11) is 1.47. The Balaban J connectivity index is 2.04. The van der Waals surface area contributed by atoms with Crippen LogP contribution >= 0.6 is 0 Å². The molecule has 1 atom stereocenters. The predicted molar refractivity (Wildman–Crippen MR) is 80.3 cm³/mol. The van der Waals surface area contributed by atoms with E-state index < -0.39 is 17.9 Å². The molecule has 0 saturated carbocycles. The van der Waals surface area contributed by atoms with Gasteiger partial charge >= 0.3 is 0 Å². The number of benzene rings is 1. The smallest absolute Gasteiger partial charge is 0.253 e. The lowest BCUT2D eigenvalue weighted by atomic mass is 10.2. The van der Waals surface area contributed by atoms with E-state index in [-0.39, 0.29) is 12.5 Å². The van der Waals surface area contributed by atoms with Crippen molar-refractivity contribution in [1.82, 2.24) is 5.32 Å².